The van der Waals surface area contributed by atoms with Gasteiger partial charge < -0.3 is 19.1 Å². The van der Waals surface area contributed by atoms with E-state index in [0.29, 0.717) is 13.2 Å². The van der Waals surface area contributed by atoms with Crippen molar-refractivity contribution in [1.29, 1.82) is 0 Å². The van der Waals surface area contributed by atoms with Crippen LogP contribution in [-0.2, 0) is 19.1 Å². The molecule has 0 unspecified atom stereocenters. The van der Waals surface area contributed by atoms with Crippen LogP contribution in [0.3, 0.4) is 0 Å². The highest BCUT2D eigenvalue weighted by atomic mass is 16.5. The van der Waals surface area contributed by atoms with E-state index in [2.05, 4.69) is 23.3 Å². The van der Waals surface area contributed by atoms with Crippen molar-refractivity contribution in [1.82, 2.24) is 0 Å². The molecule has 0 atom stereocenters. The highest BCUT2D eigenvalue weighted by molar-refractivity contribution is 5.44. The standard InChI is InChI=1S/C4H10O2.C3H8.2C2H4O.4C2H6/c1-5-3-4-6-2;1-3-2;2*1-2-3;4*1-2/h3-4H2,1-2H3;3H2,1-2H3;2*2H,1H3;4*1-2H3. The summed E-state index contributed by atoms with van der Waals surface area (Å²) in [5.74, 6) is 0. The van der Waals surface area contributed by atoms with E-state index in [1.54, 1.807) is 14.2 Å². The minimum atomic E-state index is 0.691. The lowest BCUT2D eigenvalue weighted by molar-refractivity contribution is -0.106. The second kappa shape index (κ2) is 223. The van der Waals surface area contributed by atoms with Gasteiger partial charge in [0.05, 0.1) is 13.2 Å². The molecule has 150 valence electrons. The first-order chi connectivity index (χ1) is 11.2. The molecule has 0 rings (SSSR count). The van der Waals surface area contributed by atoms with E-state index in [4.69, 9.17) is 9.59 Å². The Labute approximate surface area is 149 Å². The minimum absolute atomic E-state index is 0.691. The molecule has 0 spiro atoms. The van der Waals surface area contributed by atoms with Crippen LogP contribution in [0, 0.1) is 0 Å². The average Bonchev–Trinajstić information content (AvgIpc) is 2.62. The lowest BCUT2D eigenvalue weighted by Crippen LogP contribution is -1.96. The van der Waals surface area contributed by atoms with Crippen molar-refractivity contribution >= 4 is 12.6 Å². The summed E-state index contributed by atoms with van der Waals surface area (Å²) in [6.07, 6.45) is 2.75. The van der Waals surface area contributed by atoms with Crippen LogP contribution in [0.25, 0.3) is 0 Å². The first-order valence-electron chi connectivity index (χ1n) is 8.93. The minimum Gasteiger partial charge on any atom is -0.382 e. The quantitative estimate of drug-likeness (QED) is 0.452. The van der Waals surface area contributed by atoms with E-state index in [-0.39, 0.29) is 0 Å². The molecule has 0 heterocycles. The molecule has 0 aliphatic heterocycles. The van der Waals surface area contributed by atoms with Crippen molar-refractivity contribution in [2.75, 3.05) is 27.4 Å². The van der Waals surface area contributed by atoms with Crippen LogP contribution < -0.4 is 0 Å². The molecule has 0 N–H and O–H groups in total. The fourth-order valence-electron chi connectivity index (χ4n) is 0.167. The predicted molar refractivity (Wildman–Crippen MR) is 109 cm³/mol. The first kappa shape index (κ1) is 49.5. The van der Waals surface area contributed by atoms with E-state index >= 15 is 0 Å². The third-order valence-corrected chi connectivity index (χ3v) is 0.492. The van der Waals surface area contributed by atoms with Crippen LogP contribution >= 0.6 is 0 Å². The van der Waals surface area contributed by atoms with Gasteiger partial charge in [0, 0.05) is 14.2 Å². The van der Waals surface area contributed by atoms with Gasteiger partial charge in [-0.3, -0.25) is 0 Å². The molecule has 0 bridgehead atoms. The van der Waals surface area contributed by atoms with E-state index in [1.165, 1.54) is 20.3 Å². The maximum Gasteiger partial charge on any atom is 0.116 e. The average molecular weight is 343 g/mol. The van der Waals surface area contributed by atoms with E-state index in [9.17, 15) is 0 Å². The lowest BCUT2D eigenvalue weighted by atomic mass is 10.6. The van der Waals surface area contributed by atoms with Crippen molar-refractivity contribution in [3.8, 4) is 0 Å². The van der Waals surface area contributed by atoms with Gasteiger partial charge in [0.25, 0.3) is 0 Å². The Morgan fingerprint density at radius 3 is 0.739 bits per heavy atom. The van der Waals surface area contributed by atoms with Gasteiger partial charge in [-0.05, 0) is 13.8 Å². The van der Waals surface area contributed by atoms with Gasteiger partial charge in [0.2, 0.25) is 0 Å². The largest absolute Gasteiger partial charge is 0.382 e. The SMILES string of the molecule is CC.CC.CC.CC.CC=O.CC=O.CCC.COCCOC. The highest BCUT2D eigenvalue weighted by Crippen LogP contribution is 1.65. The smallest absolute Gasteiger partial charge is 0.116 e. The third kappa shape index (κ3) is 1540. The molecule has 0 saturated heterocycles. The first-order valence-corrected chi connectivity index (χ1v) is 8.93. The van der Waals surface area contributed by atoms with Crippen molar-refractivity contribution in [2.45, 2.75) is 89.5 Å². The summed E-state index contributed by atoms with van der Waals surface area (Å²) in [7, 11) is 3.30. The maximum absolute atomic E-state index is 8.81. The lowest BCUT2D eigenvalue weighted by Gasteiger charge is -1.91. The second-order valence-electron chi connectivity index (χ2n) is 2.16. The van der Waals surface area contributed by atoms with Crippen LogP contribution in [0.1, 0.15) is 89.5 Å². The Balaban J connectivity index is -0.0000000196. The number of aldehydes is 2. The number of methoxy groups -OCH3 is 2. The summed E-state index contributed by atoms with van der Waals surface area (Å²) in [5.41, 5.74) is 0. The van der Waals surface area contributed by atoms with Gasteiger partial charge in [-0.2, -0.15) is 0 Å². The van der Waals surface area contributed by atoms with Crippen LogP contribution in [0.5, 0.6) is 0 Å². The number of carbonyl (C=O) groups is 2. The zero-order valence-corrected chi connectivity index (χ0v) is 18.9. The number of hydrogen-bond acceptors (Lipinski definition) is 4. The number of ether oxygens (including phenoxy) is 2. The van der Waals surface area contributed by atoms with E-state index in [1.807, 2.05) is 55.4 Å². The molecule has 23 heavy (non-hydrogen) atoms. The summed E-state index contributed by atoms with van der Waals surface area (Å²) < 4.78 is 9.31. The molecular formula is C19H50O4. The molecule has 4 heteroatoms. The molecule has 0 amide bonds. The molecule has 0 aromatic carbocycles. The van der Waals surface area contributed by atoms with Crippen LogP contribution in [0.2, 0.25) is 0 Å². The second-order valence-corrected chi connectivity index (χ2v) is 2.16. The van der Waals surface area contributed by atoms with Gasteiger partial charge in [0.1, 0.15) is 12.6 Å². The molecule has 0 aliphatic rings. The monoisotopic (exact) mass is 342 g/mol. The Bertz CT molecular complexity index is 77.4. The molecular weight excluding hydrogens is 292 g/mol. The fraction of sp³-hybridized carbons (Fsp3) is 0.895. The van der Waals surface area contributed by atoms with Gasteiger partial charge in [-0.25, -0.2) is 0 Å². The zero-order chi connectivity index (χ0) is 20.9. The molecule has 0 aliphatic carbocycles. The van der Waals surface area contributed by atoms with E-state index < -0.39 is 0 Å². The number of rotatable bonds is 3. The van der Waals surface area contributed by atoms with E-state index in [0.717, 1.165) is 12.6 Å². The molecule has 0 radical (unpaired) electrons. The van der Waals surface area contributed by atoms with Crippen molar-refractivity contribution in [3.05, 3.63) is 0 Å². The van der Waals surface area contributed by atoms with Crippen LogP contribution in [0.15, 0.2) is 0 Å². The normalized spacial score (nSPS) is 5.30. The Hall–Kier alpha value is -0.740. The molecule has 0 aromatic heterocycles. The summed E-state index contributed by atoms with van der Waals surface area (Å²) in [4.78, 5) is 17.6. The summed E-state index contributed by atoms with van der Waals surface area (Å²) in [6.45, 7) is 24.5. The highest BCUT2D eigenvalue weighted by Gasteiger charge is 1.73. The van der Waals surface area contributed by atoms with Crippen LogP contribution in [0.4, 0.5) is 0 Å². The van der Waals surface area contributed by atoms with Crippen molar-refractivity contribution in [2.24, 2.45) is 0 Å². The maximum atomic E-state index is 8.81. The van der Waals surface area contributed by atoms with Crippen LogP contribution in [-0.4, -0.2) is 40.0 Å². The molecule has 0 fully saturated rings. The predicted octanol–water partition coefficient (Wildman–Crippen LogP) is 6.21. The molecule has 0 saturated carbocycles. The summed E-state index contributed by atoms with van der Waals surface area (Å²) in [5, 5.41) is 0. The molecule has 0 aromatic rings. The Morgan fingerprint density at radius 1 is 0.609 bits per heavy atom. The number of hydrogen-bond donors (Lipinski definition) is 0. The van der Waals surface area contributed by atoms with Gasteiger partial charge >= 0.3 is 0 Å². The van der Waals surface area contributed by atoms with Gasteiger partial charge in [-0.15, -0.1) is 0 Å². The topological polar surface area (TPSA) is 52.6 Å². The Morgan fingerprint density at radius 2 is 0.696 bits per heavy atom. The van der Waals surface area contributed by atoms with Crippen molar-refractivity contribution in [3.63, 3.8) is 0 Å². The molecule has 4 nitrogen and oxygen atoms in total. The fourth-order valence-corrected chi connectivity index (χ4v) is 0.167. The third-order valence-electron chi connectivity index (χ3n) is 0.492. The number of carbonyl (C=O) groups excluding carboxylic acids is 2. The Kier molecular flexibility index (Phi) is 479. The zero-order valence-electron chi connectivity index (χ0n) is 18.9. The summed E-state index contributed by atoms with van der Waals surface area (Å²) >= 11 is 0. The van der Waals surface area contributed by atoms with Gasteiger partial charge in [-0.1, -0.05) is 75.7 Å². The van der Waals surface area contributed by atoms with Crippen molar-refractivity contribution < 1.29 is 19.1 Å². The summed E-state index contributed by atoms with van der Waals surface area (Å²) in [6, 6.07) is 0. The van der Waals surface area contributed by atoms with Gasteiger partial charge in [0.15, 0.2) is 0 Å².